The molecule has 0 spiro atoms. The van der Waals surface area contributed by atoms with Crippen molar-refractivity contribution >= 4 is 28.8 Å². The number of ketones is 1. The maximum absolute atomic E-state index is 12.8. The molecule has 1 saturated heterocycles. The highest BCUT2D eigenvalue weighted by Crippen LogP contribution is 2.35. The number of anilines is 2. The van der Waals surface area contributed by atoms with Gasteiger partial charge in [-0.1, -0.05) is 6.07 Å². The quantitative estimate of drug-likeness (QED) is 0.616. The molecule has 31 heavy (non-hydrogen) atoms. The molecule has 0 bridgehead atoms. The second-order valence-corrected chi connectivity index (χ2v) is 9.13. The monoisotopic (exact) mass is 434 g/mol. The molecule has 3 heterocycles. The molecule has 1 aromatic carbocycles. The minimum absolute atomic E-state index is 0.174. The van der Waals surface area contributed by atoms with Crippen LogP contribution in [0.4, 0.5) is 11.6 Å². The van der Waals surface area contributed by atoms with E-state index < -0.39 is 0 Å². The third-order valence-corrected chi connectivity index (χ3v) is 7.28. The van der Waals surface area contributed by atoms with Crippen LogP contribution in [0.5, 0.6) is 5.75 Å². The number of piperazine rings is 1. The predicted octanol–water partition coefficient (Wildman–Crippen LogP) is 4.09. The Balaban J connectivity index is 1.33. The number of nitrogens with zero attached hydrogens (tertiary/aromatic N) is 4. The van der Waals surface area contributed by atoms with Crippen LogP contribution in [0.15, 0.2) is 41.8 Å². The number of carbonyl (C=O) groups excluding carboxylic acids is 1. The fourth-order valence-electron chi connectivity index (χ4n) is 4.58. The average molecular weight is 435 g/mol. The molecule has 2 aromatic heterocycles. The highest BCUT2D eigenvalue weighted by atomic mass is 32.1. The summed E-state index contributed by atoms with van der Waals surface area (Å²) in [5, 5.41) is 2.08. The van der Waals surface area contributed by atoms with Gasteiger partial charge in [0.05, 0.1) is 24.1 Å². The smallest absolute Gasteiger partial charge is 0.225 e. The molecule has 0 saturated carbocycles. The van der Waals surface area contributed by atoms with Gasteiger partial charge in [-0.2, -0.15) is 0 Å². The molecule has 0 N–H and O–H groups in total. The van der Waals surface area contributed by atoms with Crippen molar-refractivity contribution in [3.63, 3.8) is 0 Å². The van der Waals surface area contributed by atoms with E-state index >= 15 is 0 Å². The first-order valence-electron chi connectivity index (χ1n) is 10.7. The molecule has 1 aliphatic carbocycles. The van der Waals surface area contributed by atoms with Gasteiger partial charge in [-0.3, -0.25) is 4.79 Å². The van der Waals surface area contributed by atoms with E-state index in [-0.39, 0.29) is 11.7 Å². The number of hydrogen-bond acceptors (Lipinski definition) is 7. The number of thiophene rings is 1. The number of hydrogen-bond donors (Lipinski definition) is 0. The van der Waals surface area contributed by atoms with Crippen LogP contribution >= 0.6 is 11.3 Å². The van der Waals surface area contributed by atoms with Crippen molar-refractivity contribution < 1.29 is 9.53 Å². The molecule has 7 heteroatoms. The van der Waals surface area contributed by atoms with Crippen molar-refractivity contribution in [3.8, 4) is 5.75 Å². The summed E-state index contributed by atoms with van der Waals surface area (Å²) in [6, 6.07) is 12.4. The molecule has 2 aliphatic rings. The normalized spacial score (nSPS) is 18.8. The van der Waals surface area contributed by atoms with E-state index in [2.05, 4.69) is 39.4 Å². The van der Waals surface area contributed by atoms with Crippen LogP contribution in [0.3, 0.4) is 0 Å². The summed E-state index contributed by atoms with van der Waals surface area (Å²) in [7, 11) is 1.69. The minimum atomic E-state index is 0.174. The van der Waals surface area contributed by atoms with Crippen LogP contribution in [0.2, 0.25) is 0 Å². The Labute approximate surface area is 186 Å². The molecule has 1 fully saturated rings. The van der Waals surface area contributed by atoms with Crippen LogP contribution in [0.25, 0.3) is 0 Å². The molecule has 1 unspecified atom stereocenters. The third-order valence-electron chi connectivity index (χ3n) is 6.25. The summed E-state index contributed by atoms with van der Waals surface area (Å²) in [6.45, 7) is 5.46. The lowest BCUT2D eigenvalue weighted by molar-refractivity contribution is 0.0962. The van der Waals surface area contributed by atoms with E-state index in [4.69, 9.17) is 14.7 Å². The number of rotatable bonds is 4. The summed E-state index contributed by atoms with van der Waals surface area (Å²) in [5.74, 6) is 2.03. The number of methoxy groups -OCH3 is 1. The molecule has 6 nitrogen and oxygen atoms in total. The van der Waals surface area contributed by atoms with Gasteiger partial charge in [0.2, 0.25) is 5.95 Å². The third kappa shape index (κ3) is 3.90. The summed E-state index contributed by atoms with van der Waals surface area (Å²) in [6.07, 6.45) is 1.36. The van der Waals surface area contributed by atoms with E-state index in [1.807, 2.05) is 19.1 Å². The second-order valence-electron chi connectivity index (χ2n) is 8.15. The molecular weight excluding hydrogens is 408 g/mol. The first-order chi connectivity index (χ1) is 15.1. The van der Waals surface area contributed by atoms with Crippen LogP contribution in [0.1, 0.15) is 39.0 Å². The Hall–Kier alpha value is -2.93. The summed E-state index contributed by atoms with van der Waals surface area (Å²) in [4.78, 5) is 28.3. The van der Waals surface area contributed by atoms with Gasteiger partial charge in [-0.15, -0.1) is 11.3 Å². The highest BCUT2D eigenvalue weighted by Gasteiger charge is 2.31. The fraction of sp³-hybridized carbons (Fsp3) is 0.375. The van der Waals surface area contributed by atoms with Gasteiger partial charge >= 0.3 is 0 Å². The lowest BCUT2D eigenvalue weighted by atomic mass is 9.84. The number of benzene rings is 1. The Kier molecular flexibility index (Phi) is 5.36. The first-order valence-corrected chi connectivity index (χ1v) is 11.6. The van der Waals surface area contributed by atoms with Crippen LogP contribution < -0.4 is 14.5 Å². The summed E-state index contributed by atoms with van der Waals surface area (Å²) < 4.78 is 5.26. The van der Waals surface area contributed by atoms with Crippen molar-refractivity contribution in [2.75, 3.05) is 43.1 Å². The molecule has 160 valence electrons. The number of ether oxygens (including phenoxy) is 1. The molecule has 0 radical (unpaired) electrons. The van der Waals surface area contributed by atoms with E-state index in [9.17, 15) is 4.79 Å². The van der Waals surface area contributed by atoms with Crippen molar-refractivity contribution in [1.82, 2.24) is 9.97 Å². The maximum atomic E-state index is 12.8. The van der Waals surface area contributed by atoms with Crippen LogP contribution in [-0.4, -0.2) is 49.0 Å². The van der Waals surface area contributed by atoms with Crippen molar-refractivity contribution in [2.24, 2.45) is 0 Å². The Morgan fingerprint density at radius 1 is 1.00 bits per heavy atom. The Morgan fingerprint density at radius 2 is 1.74 bits per heavy atom. The highest BCUT2D eigenvalue weighted by molar-refractivity contribution is 7.10. The zero-order valence-electron chi connectivity index (χ0n) is 17.9. The van der Waals surface area contributed by atoms with Gasteiger partial charge in [0.15, 0.2) is 5.78 Å². The van der Waals surface area contributed by atoms with E-state index in [0.717, 1.165) is 61.2 Å². The number of carbonyl (C=O) groups is 1. The van der Waals surface area contributed by atoms with Crippen molar-refractivity contribution in [3.05, 3.63) is 63.6 Å². The average Bonchev–Trinajstić information content (AvgIpc) is 3.34. The van der Waals surface area contributed by atoms with Gasteiger partial charge in [0.1, 0.15) is 5.75 Å². The van der Waals surface area contributed by atoms with Gasteiger partial charge < -0.3 is 14.5 Å². The van der Waals surface area contributed by atoms with Crippen molar-refractivity contribution in [2.45, 2.75) is 25.7 Å². The standard InChI is InChI=1S/C24H26N4O2S/c1-16-23-20(14-17(15-21(23)29)22-4-3-13-31-22)26-24(25-16)28-11-9-27(10-12-28)18-5-7-19(30-2)8-6-18/h3-8,13,17H,9-12,14-15H2,1-2H3. The Bertz CT molecular complexity index is 1070. The predicted molar refractivity (Wildman–Crippen MR) is 124 cm³/mol. The number of fused-ring (bicyclic) bond motifs is 1. The number of aromatic nitrogens is 2. The molecule has 1 aliphatic heterocycles. The number of Topliss-reactive ketones (excluding diaryl/α,β-unsaturated/α-hetero) is 1. The van der Waals surface area contributed by atoms with Gasteiger partial charge in [0.25, 0.3) is 0 Å². The van der Waals surface area contributed by atoms with E-state index in [1.165, 1.54) is 10.6 Å². The molecule has 5 rings (SSSR count). The zero-order valence-corrected chi connectivity index (χ0v) is 18.7. The first kappa shape index (κ1) is 20.0. The largest absolute Gasteiger partial charge is 0.497 e. The van der Waals surface area contributed by atoms with Gasteiger partial charge in [-0.05, 0) is 49.1 Å². The van der Waals surface area contributed by atoms with Gasteiger partial charge in [0, 0.05) is 49.1 Å². The van der Waals surface area contributed by atoms with E-state index in [0.29, 0.717) is 6.42 Å². The number of aryl methyl sites for hydroxylation is 1. The lowest BCUT2D eigenvalue weighted by Crippen LogP contribution is -2.47. The van der Waals surface area contributed by atoms with E-state index in [1.54, 1.807) is 18.4 Å². The minimum Gasteiger partial charge on any atom is -0.497 e. The van der Waals surface area contributed by atoms with Crippen LogP contribution in [-0.2, 0) is 6.42 Å². The molecule has 1 atom stereocenters. The second kappa shape index (κ2) is 8.30. The summed E-state index contributed by atoms with van der Waals surface area (Å²) in [5.41, 5.74) is 3.67. The maximum Gasteiger partial charge on any atom is 0.225 e. The van der Waals surface area contributed by atoms with Crippen LogP contribution in [0, 0.1) is 6.92 Å². The topological polar surface area (TPSA) is 58.6 Å². The Morgan fingerprint density at radius 3 is 2.42 bits per heavy atom. The zero-order chi connectivity index (χ0) is 21.4. The molecular formula is C24H26N4O2S. The van der Waals surface area contributed by atoms with Gasteiger partial charge in [-0.25, -0.2) is 9.97 Å². The van der Waals surface area contributed by atoms with Crippen molar-refractivity contribution in [1.29, 1.82) is 0 Å². The SMILES string of the molecule is COc1ccc(N2CCN(c3nc(C)c4c(n3)CC(c3cccs3)CC4=O)CC2)cc1. The lowest BCUT2D eigenvalue weighted by Gasteiger charge is -2.36. The molecule has 3 aromatic rings. The fourth-order valence-corrected chi connectivity index (χ4v) is 5.41. The summed E-state index contributed by atoms with van der Waals surface area (Å²) >= 11 is 1.72. The molecule has 0 amide bonds.